The third-order valence-corrected chi connectivity index (χ3v) is 6.93. The minimum atomic E-state index is 0.600. The number of para-hydroxylation sites is 1. The molecule has 0 unspecified atom stereocenters. The molecule has 0 amide bonds. The molecule has 0 saturated carbocycles. The summed E-state index contributed by atoms with van der Waals surface area (Å²) in [6.07, 6.45) is 3.58. The summed E-state index contributed by atoms with van der Waals surface area (Å²) in [7, 11) is 0. The molecule has 3 heterocycles. The van der Waals surface area contributed by atoms with E-state index in [1.807, 2.05) is 78.9 Å². The Balaban J connectivity index is 1.43. The van der Waals surface area contributed by atoms with Crippen LogP contribution in [-0.4, -0.2) is 19.9 Å². The van der Waals surface area contributed by atoms with E-state index in [0.717, 1.165) is 54.2 Å². The van der Waals surface area contributed by atoms with Gasteiger partial charge in [-0.25, -0.2) is 15.0 Å². The maximum absolute atomic E-state index is 6.03. The monoisotopic (exact) mass is 554 g/mol. The average molecular weight is 555 g/mol. The fourth-order valence-electron chi connectivity index (χ4n) is 4.65. The number of pyridine rings is 1. The predicted octanol–water partition coefficient (Wildman–Crippen LogP) is 8.60. The van der Waals surface area contributed by atoms with E-state index in [0.29, 0.717) is 17.5 Å². The highest BCUT2D eigenvalue weighted by molar-refractivity contribution is 9.10. The summed E-state index contributed by atoms with van der Waals surface area (Å²) in [5, 5.41) is 2.10. The van der Waals surface area contributed by atoms with Crippen LogP contribution in [0.4, 0.5) is 0 Å². The van der Waals surface area contributed by atoms with Gasteiger partial charge < -0.3 is 4.42 Å². The average Bonchev–Trinajstić information content (AvgIpc) is 3.35. The van der Waals surface area contributed by atoms with Crippen LogP contribution in [0.15, 0.2) is 124 Å². The Morgan fingerprint density at radius 2 is 1.13 bits per heavy atom. The number of rotatable bonds is 4. The van der Waals surface area contributed by atoms with Gasteiger partial charge in [0.2, 0.25) is 0 Å². The van der Waals surface area contributed by atoms with E-state index in [4.69, 9.17) is 19.4 Å². The van der Waals surface area contributed by atoms with E-state index in [1.54, 1.807) is 12.4 Å². The van der Waals surface area contributed by atoms with Crippen molar-refractivity contribution in [3.63, 3.8) is 0 Å². The zero-order chi connectivity index (χ0) is 25.5. The van der Waals surface area contributed by atoms with Gasteiger partial charge in [0.05, 0.1) is 0 Å². The van der Waals surface area contributed by atoms with Gasteiger partial charge in [-0.2, -0.15) is 0 Å². The van der Waals surface area contributed by atoms with Crippen LogP contribution in [-0.2, 0) is 0 Å². The first-order chi connectivity index (χ1) is 18.7. The van der Waals surface area contributed by atoms with Gasteiger partial charge in [-0.3, -0.25) is 4.98 Å². The molecule has 0 fully saturated rings. The summed E-state index contributed by atoms with van der Waals surface area (Å²) in [5.41, 5.74) is 6.52. The number of hydrogen-bond acceptors (Lipinski definition) is 5. The number of nitrogens with zero attached hydrogens (tertiary/aromatic N) is 4. The van der Waals surface area contributed by atoms with Crippen molar-refractivity contribution in [2.75, 3.05) is 0 Å². The summed E-state index contributed by atoms with van der Waals surface area (Å²) >= 11 is 3.68. The lowest BCUT2D eigenvalue weighted by Crippen LogP contribution is -2.00. The third kappa shape index (κ3) is 4.15. The van der Waals surface area contributed by atoms with Gasteiger partial charge >= 0.3 is 0 Å². The van der Waals surface area contributed by atoms with E-state index in [-0.39, 0.29) is 0 Å². The van der Waals surface area contributed by atoms with Crippen molar-refractivity contribution in [1.82, 2.24) is 19.9 Å². The molecule has 7 aromatic rings. The molecule has 0 atom stereocenters. The van der Waals surface area contributed by atoms with E-state index < -0.39 is 0 Å². The van der Waals surface area contributed by atoms with Crippen LogP contribution in [0.3, 0.4) is 0 Å². The van der Waals surface area contributed by atoms with E-state index in [9.17, 15) is 0 Å². The van der Waals surface area contributed by atoms with Crippen LogP contribution in [0.1, 0.15) is 0 Å². The fourth-order valence-corrected chi connectivity index (χ4v) is 5.14. The summed E-state index contributed by atoms with van der Waals surface area (Å²) in [6.45, 7) is 0. The van der Waals surface area contributed by atoms with E-state index in [1.165, 1.54) is 0 Å². The van der Waals surface area contributed by atoms with Gasteiger partial charge in [0, 0.05) is 44.3 Å². The molecule has 0 radical (unpaired) electrons. The summed E-state index contributed by atoms with van der Waals surface area (Å²) in [4.78, 5) is 18.9. The Hall–Kier alpha value is -4.68. The lowest BCUT2D eigenvalue weighted by Gasteiger charge is -2.10. The SMILES string of the molecule is Brc1cc(-c2ccncc2)cc(-c2nc(-c3ccccc3)nc(-c3ccc4oc5ccccc5c4c3)n2)c1. The Bertz CT molecular complexity index is 1930. The molecule has 6 heteroatoms. The molecule has 0 N–H and O–H groups in total. The first-order valence-electron chi connectivity index (χ1n) is 12.2. The zero-order valence-corrected chi connectivity index (χ0v) is 21.6. The second-order valence-electron chi connectivity index (χ2n) is 8.95. The van der Waals surface area contributed by atoms with Crippen molar-refractivity contribution in [3.05, 3.63) is 120 Å². The zero-order valence-electron chi connectivity index (χ0n) is 20.0. The maximum Gasteiger partial charge on any atom is 0.164 e. The van der Waals surface area contributed by atoms with Crippen LogP contribution in [0, 0.1) is 0 Å². The van der Waals surface area contributed by atoms with Crippen LogP contribution in [0.5, 0.6) is 0 Å². The third-order valence-electron chi connectivity index (χ3n) is 6.47. The van der Waals surface area contributed by atoms with Crippen molar-refractivity contribution >= 4 is 37.9 Å². The van der Waals surface area contributed by atoms with Gasteiger partial charge in [-0.05, 0) is 65.7 Å². The molecule has 0 saturated heterocycles. The quantitative estimate of drug-likeness (QED) is 0.218. The molecular formula is C32H19BrN4O. The van der Waals surface area contributed by atoms with Crippen LogP contribution in [0.2, 0.25) is 0 Å². The number of fused-ring (bicyclic) bond motifs is 3. The minimum Gasteiger partial charge on any atom is -0.456 e. The van der Waals surface area contributed by atoms with Gasteiger partial charge in [0.25, 0.3) is 0 Å². The van der Waals surface area contributed by atoms with Crippen molar-refractivity contribution in [2.45, 2.75) is 0 Å². The molecule has 180 valence electrons. The molecule has 3 aromatic heterocycles. The molecule has 0 aliphatic carbocycles. The number of hydrogen-bond donors (Lipinski definition) is 0. The van der Waals surface area contributed by atoms with Gasteiger partial charge in [-0.15, -0.1) is 0 Å². The first-order valence-corrected chi connectivity index (χ1v) is 13.0. The van der Waals surface area contributed by atoms with E-state index in [2.05, 4.69) is 45.2 Å². The number of aromatic nitrogens is 4. The lowest BCUT2D eigenvalue weighted by molar-refractivity contribution is 0.669. The topological polar surface area (TPSA) is 64.7 Å². The molecule has 0 aliphatic heterocycles. The second kappa shape index (κ2) is 9.32. The number of benzene rings is 4. The van der Waals surface area contributed by atoms with Gasteiger partial charge in [0.1, 0.15) is 11.2 Å². The highest BCUT2D eigenvalue weighted by Gasteiger charge is 2.15. The summed E-state index contributed by atoms with van der Waals surface area (Å²) < 4.78 is 6.98. The van der Waals surface area contributed by atoms with Gasteiger partial charge in [0.15, 0.2) is 17.5 Å². The van der Waals surface area contributed by atoms with Crippen molar-refractivity contribution in [3.8, 4) is 45.3 Å². The van der Waals surface area contributed by atoms with Crippen molar-refractivity contribution in [1.29, 1.82) is 0 Å². The summed E-state index contributed by atoms with van der Waals surface area (Å²) in [6, 6.07) is 34.3. The number of furan rings is 1. The normalized spacial score (nSPS) is 11.3. The molecule has 7 rings (SSSR count). The Kier molecular flexibility index (Phi) is 5.52. The molecule has 38 heavy (non-hydrogen) atoms. The number of halogens is 1. The van der Waals surface area contributed by atoms with Crippen LogP contribution in [0.25, 0.3) is 67.2 Å². The largest absolute Gasteiger partial charge is 0.456 e. The molecule has 0 bridgehead atoms. The molecular weight excluding hydrogens is 536 g/mol. The molecule has 0 spiro atoms. The molecule has 4 aromatic carbocycles. The fraction of sp³-hybridized carbons (Fsp3) is 0. The highest BCUT2D eigenvalue weighted by Crippen LogP contribution is 2.34. The molecule has 0 aliphatic rings. The smallest absolute Gasteiger partial charge is 0.164 e. The van der Waals surface area contributed by atoms with Crippen molar-refractivity contribution < 1.29 is 4.42 Å². The van der Waals surface area contributed by atoms with Crippen LogP contribution < -0.4 is 0 Å². The highest BCUT2D eigenvalue weighted by atomic mass is 79.9. The van der Waals surface area contributed by atoms with E-state index >= 15 is 0 Å². The van der Waals surface area contributed by atoms with Crippen molar-refractivity contribution in [2.24, 2.45) is 0 Å². The van der Waals surface area contributed by atoms with Crippen LogP contribution >= 0.6 is 15.9 Å². The minimum absolute atomic E-state index is 0.600. The van der Waals surface area contributed by atoms with Gasteiger partial charge in [-0.1, -0.05) is 64.5 Å². The maximum atomic E-state index is 6.03. The second-order valence-corrected chi connectivity index (χ2v) is 9.86. The summed E-state index contributed by atoms with van der Waals surface area (Å²) in [5.74, 6) is 1.82. The first kappa shape index (κ1) is 22.5. The predicted molar refractivity (Wildman–Crippen MR) is 154 cm³/mol. The Morgan fingerprint density at radius 3 is 1.95 bits per heavy atom. The molecule has 5 nitrogen and oxygen atoms in total. The standard InChI is InChI=1S/C32H19BrN4O/c33-25-17-23(20-12-14-34-15-13-20)16-24(18-25)32-36-30(21-6-2-1-3-7-21)35-31(37-32)22-10-11-29-27(19-22)26-8-4-5-9-28(26)38-29/h1-19H. The Labute approximate surface area is 227 Å². The lowest BCUT2D eigenvalue weighted by atomic mass is 10.0. The Morgan fingerprint density at radius 1 is 0.474 bits per heavy atom.